The van der Waals surface area contributed by atoms with Gasteiger partial charge in [0.1, 0.15) is 0 Å². The van der Waals surface area contributed by atoms with E-state index in [0.29, 0.717) is 0 Å². The molecule has 0 fully saturated rings. The van der Waals surface area contributed by atoms with Crippen molar-refractivity contribution in [2.75, 3.05) is 13.6 Å². The maximum Gasteiger partial charge on any atom is 0.215 e. The zero-order valence-corrected chi connectivity index (χ0v) is 12.4. The van der Waals surface area contributed by atoms with Gasteiger partial charge in [-0.15, -0.1) is 11.3 Å². The smallest absolute Gasteiger partial charge is 0.215 e. The van der Waals surface area contributed by atoms with E-state index >= 15 is 0 Å². The molecule has 2 aromatic rings. The van der Waals surface area contributed by atoms with Crippen molar-refractivity contribution in [3.63, 3.8) is 0 Å². The third-order valence-electron chi connectivity index (χ3n) is 2.96. The lowest BCUT2D eigenvalue weighted by Crippen LogP contribution is -2.40. The Morgan fingerprint density at radius 1 is 1.35 bits per heavy atom. The highest BCUT2D eigenvalue weighted by molar-refractivity contribution is 7.19. The molecule has 0 aliphatic heterocycles. The summed E-state index contributed by atoms with van der Waals surface area (Å²) in [7, 11) is -0.234. The Morgan fingerprint density at radius 2 is 2.12 bits per heavy atom. The molecule has 1 aromatic carbocycles. The normalized spacial score (nSPS) is 12.2. The molecular weight excluding hydrogens is 246 g/mol. The minimum atomic E-state index is -2.20. The lowest BCUT2D eigenvalue weighted by Gasteiger charge is -2.13. The molecule has 17 heavy (non-hydrogen) atoms. The molecule has 2 nitrogen and oxygen atoms in total. The van der Waals surface area contributed by atoms with Gasteiger partial charge in [-0.25, -0.2) is 0 Å². The van der Waals surface area contributed by atoms with Crippen LogP contribution in [0, 0.1) is 0 Å². The number of nitrogens with one attached hydrogen (secondary N) is 1. The first kappa shape index (κ1) is 12.8. The molecule has 0 spiro atoms. The fourth-order valence-electron chi connectivity index (χ4n) is 1.97. The molecule has 4 heteroatoms. The number of rotatable bonds is 4. The highest BCUT2D eigenvalue weighted by Crippen LogP contribution is 2.23. The van der Waals surface area contributed by atoms with E-state index in [4.69, 9.17) is 0 Å². The van der Waals surface area contributed by atoms with Gasteiger partial charge in [0.05, 0.1) is 0 Å². The molecule has 1 aromatic heterocycles. The molecule has 1 heterocycles. The molecule has 0 amide bonds. The summed E-state index contributed by atoms with van der Waals surface area (Å²) in [5.74, 6) is 0. The standard InChI is InChI=1S/C13H19NOSSi/c1-14-7-6-10-4-5-12-11(8-10)13(9-16-12)17(2,3)15/h4-5,8-9,14-15H,6-7H2,1-3H3. The van der Waals surface area contributed by atoms with Crippen molar-refractivity contribution in [3.8, 4) is 0 Å². The van der Waals surface area contributed by atoms with Gasteiger partial charge >= 0.3 is 0 Å². The Hall–Kier alpha value is -0.683. The maximum atomic E-state index is 10.3. The van der Waals surface area contributed by atoms with Crippen LogP contribution in [0.1, 0.15) is 5.56 Å². The second-order valence-electron chi connectivity index (χ2n) is 4.89. The van der Waals surface area contributed by atoms with Crippen LogP contribution in [0.4, 0.5) is 0 Å². The van der Waals surface area contributed by atoms with Gasteiger partial charge in [0.25, 0.3) is 0 Å². The summed E-state index contributed by atoms with van der Waals surface area (Å²) >= 11 is 1.73. The Bertz CT molecular complexity index is 516. The molecule has 2 N–H and O–H groups in total. The number of likely N-dealkylation sites (N-methyl/N-ethyl adjacent to an activating group) is 1. The molecule has 0 saturated heterocycles. The summed E-state index contributed by atoms with van der Waals surface area (Å²) in [6, 6.07) is 6.60. The maximum absolute atomic E-state index is 10.3. The Kier molecular flexibility index (Phi) is 3.68. The molecule has 0 aliphatic carbocycles. The summed E-state index contributed by atoms with van der Waals surface area (Å²) in [4.78, 5) is 10.3. The average molecular weight is 265 g/mol. The Labute approximate surface area is 107 Å². The quantitative estimate of drug-likeness (QED) is 0.830. The second kappa shape index (κ2) is 4.90. The minimum absolute atomic E-state index is 0.991. The van der Waals surface area contributed by atoms with Crippen LogP contribution < -0.4 is 10.5 Å². The summed E-state index contributed by atoms with van der Waals surface area (Å²) in [5, 5.41) is 7.71. The zero-order valence-electron chi connectivity index (χ0n) is 10.6. The van der Waals surface area contributed by atoms with Gasteiger partial charge in [-0.2, -0.15) is 0 Å². The fourth-order valence-corrected chi connectivity index (χ4v) is 5.08. The van der Waals surface area contributed by atoms with Crippen LogP contribution in [0.25, 0.3) is 10.1 Å². The van der Waals surface area contributed by atoms with E-state index in [1.807, 2.05) is 20.1 Å². The van der Waals surface area contributed by atoms with E-state index in [2.05, 4.69) is 28.9 Å². The van der Waals surface area contributed by atoms with Crippen LogP contribution in [0.5, 0.6) is 0 Å². The zero-order chi connectivity index (χ0) is 12.5. The molecule has 92 valence electrons. The number of thiophene rings is 1. The SMILES string of the molecule is CNCCc1ccc2scc([Si](C)(C)O)c2c1. The van der Waals surface area contributed by atoms with E-state index in [9.17, 15) is 4.80 Å². The van der Waals surface area contributed by atoms with Gasteiger partial charge < -0.3 is 10.1 Å². The fraction of sp³-hybridized carbons (Fsp3) is 0.385. The van der Waals surface area contributed by atoms with Gasteiger partial charge in [-0.05, 0) is 60.7 Å². The Morgan fingerprint density at radius 3 is 2.76 bits per heavy atom. The molecular formula is C13H19NOSSi. The summed E-state index contributed by atoms with van der Waals surface area (Å²) in [6.07, 6.45) is 1.04. The van der Waals surface area contributed by atoms with E-state index in [-0.39, 0.29) is 0 Å². The molecule has 0 saturated carbocycles. The predicted molar refractivity (Wildman–Crippen MR) is 78.8 cm³/mol. The van der Waals surface area contributed by atoms with E-state index in [1.165, 1.54) is 20.8 Å². The molecule has 0 aliphatic rings. The number of hydrogen-bond acceptors (Lipinski definition) is 3. The van der Waals surface area contributed by atoms with Crippen molar-refractivity contribution in [1.29, 1.82) is 0 Å². The summed E-state index contributed by atoms with van der Waals surface area (Å²) in [5.41, 5.74) is 1.34. The lowest BCUT2D eigenvalue weighted by atomic mass is 10.1. The van der Waals surface area contributed by atoms with Crippen molar-refractivity contribution in [1.82, 2.24) is 5.32 Å². The topological polar surface area (TPSA) is 32.3 Å². The molecule has 0 radical (unpaired) electrons. The third-order valence-corrected chi connectivity index (χ3v) is 5.87. The van der Waals surface area contributed by atoms with Gasteiger partial charge in [0, 0.05) is 4.70 Å². The van der Waals surface area contributed by atoms with Gasteiger partial charge in [0.2, 0.25) is 8.32 Å². The predicted octanol–water partition coefficient (Wildman–Crippen LogP) is 2.07. The average Bonchev–Trinajstić information content (AvgIpc) is 2.68. The molecule has 0 bridgehead atoms. The van der Waals surface area contributed by atoms with Crippen LogP contribution in [0.2, 0.25) is 13.1 Å². The lowest BCUT2D eigenvalue weighted by molar-refractivity contribution is 0.569. The van der Waals surface area contributed by atoms with Gasteiger partial charge in [-0.1, -0.05) is 12.1 Å². The first-order valence-electron chi connectivity index (χ1n) is 5.90. The van der Waals surface area contributed by atoms with Gasteiger partial charge in [0.15, 0.2) is 0 Å². The van der Waals surface area contributed by atoms with Crippen molar-refractivity contribution >= 4 is 34.9 Å². The highest BCUT2D eigenvalue weighted by Gasteiger charge is 2.23. The monoisotopic (exact) mass is 265 g/mol. The summed E-state index contributed by atoms with van der Waals surface area (Å²) < 4.78 is 1.28. The van der Waals surface area contributed by atoms with Crippen LogP contribution >= 0.6 is 11.3 Å². The minimum Gasteiger partial charge on any atom is -0.428 e. The van der Waals surface area contributed by atoms with Crippen LogP contribution in [-0.2, 0) is 6.42 Å². The number of hydrogen-bond donors (Lipinski definition) is 2. The summed E-state index contributed by atoms with van der Waals surface area (Å²) in [6.45, 7) is 4.95. The molecule has 0 atom stereocenters. The van der Waals surface area contributed by atoms with Crippen LogP contribution in [0.3, 0.4) is 0 Å². The Balaban J connectivity index is 2.43. The number of benzene rings is 1. The third kappa shape index (κ3) is 2.77. The molecule has 2 rings (SSSR count). The van der Waals surface area contributed by atoms with E-state index in [0.717, 1.165) is 13.0 Å². The van der Waals surface area contributed by atoms with Crippen LogP contribution in [-0.4, -0.2) is 26.7 Å². The van der Waals surface area contributed by atoms with Crippen LogP contribution in [0.15, 0.2) is 23.6 Å². The van der Waals surface area contributed by atoms with Crippen molar-refractivity contribution < 1.29 is 4.80 Å². The number of fused-ring (bicyclic) bond motifs is 1. The first-order chi connectivity index (χ1) is 8.02. The second-order valence-corrected chi connectivity index (χ2v) is 9.46. The van der Waals surface area contributed by atoms with Crippen molar-refractivity contribution in [2.24, 2.45) is 0 Å². The van der Waals surface area contributed by atoms with Gasteiger partial charge in [-0.3, -0.25) is 0 Å². The van der Waals surface area contributed by atoms with E-state index in [1.54, 1.807) is 11.3 Å². The highest BCUT2D eigenvalue weighted by atomic mass is 32.1. The largest absolute Gasteiger partial charge is 0.428 e. The first-order valence-corrected chi connectivity index (χ1v) is 9.72. The van der Waals surface area contributed by atoms with E-state index < -0.39 is 8.32 Å². The van der Waals surface area contributed by atoms with Crippen molar-refractivity contribution in [2.45, 2.75) is 19.5 Å². The van der Waals surface area contributed by atoms with Crippen molar-refractivity contribution in [3.05, 3.63) is 29.1 Å². The molecule has 0 unspecified atom stereocenters.